The summed E-state index contributed by atoms with van der Waals surface area (Å²) in [6.45, 7) is 0.447. The number of halogens is 1. The predicted octanol–water partition coefficient (Wildman–Crippen LogP) is 3.21. The molecule has 8 heteroatoms. The second kappa shape index (κ2) is 8.58. The van der Waals surface area contributed by atoms with Crippen LogP contribution in [0, 0.1) is 0 Å². The molecular weight excluding hydrogens is 380 g/mol. The van der Waals surface area contributed by atoms with Crippen molar-refractivity contribution in [1.29, 1.82) is 0 Å². The van der Waals surface area contributed by atoms with Crippen LogP contribution in [-0.4, -0.2) is 35.8 Å². The summed E-state index contributed by atoms with van der Waals surface area (Å²) >= 11 is 6.17. The Balaban J connectivity index is 1.78. The van der Waals surface area contributed by atoms with Gasteiger partial charge >= 0.3 is 0 Å². The molecular formula is C20H19ClN4O3. The lowest BCUT2D eigenvalue weighted by molar-refractivity contribution is 0.0961. The highest BCUT2D eigenvalue weighted by Crippen LogP contribution is 2.26. The van der Waals surface area contributed by atoms with E-state index in [0.717, 1.165) is 5.56 Å². The van der Waals surface area contributed by atoms with Crippen LogP contribution in [-0.2, 0) is 6.54 Å². The first-order valence-corrected chi connectivity index (χ1v) is 8.87. The Bertz CT molecular complexity index is 1020. The number of amides is 2. The molecule has 0 aliphatic heterocycles. The van der Waals surface area contributed by atoms with E-state index in [2.05, 4.69) is 15.7 Å². The van der Waals surface area contributed by atoms with Gasteiger partial charge in [0, 0.05) is 23.8 Å². The van der Waals surface area contributed by atoms with Gasteiger partial charge in [0.05, 0.1) is 31.1 Å². The summed E-state index contributed by atoms with van der Waals surface area (Å²) in [6, 6.07) is 12.3. The van der Waals surface area contributed by atoms with Gasteiger partial charge in [0.25, 0.3) is 11.8 Å². The highest BCUT2D eigenvalue weighted by molar-refractivity contribution is 6.31. The number of hydrogen-bond donors (Lipinski definition) is 2. The van der Waals surface area contributed by atoms with Gasteiger partial charge in [0.1, 0.15) is 5.75 Å². The second-order valence-corrected chi connectivity index (χ2v) is 6.37. The van der Waals surface area contributed by atoms with Crippen LogP contribution < -0.4 is 15.4 Å². The number of carbonyl (C=O) groups excluding carboxylic acids is 2. The molecule has 0 aliphatic rings. The maximum absolute atomic E-state index is 12.6. The average molecular weight is 399 g/mol. The molecule has 7 nitrogen and oxygen atoms in total. The van der Waals surface area contributed by atoms with Gasteiger partial charge in [-0.2, -0.15) is 5.10 Å². The Morgan fingerprint density at radius 3 is 2.64 bits per heavy atom. The molecule has 1 heterocycles. The molecule has 28 heavy (non-hydrogen) atoms. The van der Waals surface area contributed by atoms with Crippen molar-refractivity contribution < 1.29 is 14.3 Å². The molecule has 0 saturated heterocycles. The number of benzene rings is 2. The first-order valence-electron chi connectivity index (χ1n) is 8.49. The molecule has 0 radical (unpaired) electrons. The van der Waals surface area contributed by atoms with Crippen LogP contribution in [0.15, 0.2) is 54.9 Å². The van der Waals surface area contributed by atoms with Gasteiger partial charge in [-0.15, -0.1) is 0 Å². The van der Waals surface area contributed by atoms with E-state index in [1.165, 1.54) is 20.4 Å². The van der Waals surface area contributed by atoms with Crippen molar-refractivity contribution in [3.8, 4) is 5.75 Å². The zero-order valence-corrected chi connectivity index (χ0v) is 16.2. The summed E-state index contributed by atoms with van der Waals surface area (Å²) in [5.74, 6) is -0.173. The van der Waals surface area contributed by atoms with Crippen LogP contribution in [0.2, 0.25) is 5.02 Å². The Labute approximate surface area is 167 Å². The van der Waals surface area contributed by atoms with E-state index in [4.69, 9.17) is 16.3 Å². The number of aromatic nitrogens is 2. The monoisotopic (exact) mass is 398 g/mol. The summed E-state index contributed by atoms with van der Waals surface area (Å²) < 4.78 is 6.90. The SMILES string of the molecule is CNC(=O)c1ccc(OC)c(NC(=O)c2cnn(Cc3ccccc3Cl)c2)c1. The first-order chi connectivity index (χ1) is 13.5. The fraction of sp³-hybridized carbons (Fsp3) is 0.150. The fourth-order valence-corrected chi connectivity index (χ4v) is 2.85. The number of carbonyl (C=O) groups is 2. The Morgan fingerprint density at radius 2 is 1.93 bits per heavy atom. The standard InChI is InChI=1S/C20H19ClN4O3/c1-22-19(26)13-7-8-18(28-2)17(9-13)24-20(27)15-10-23-25(12-15)11-14-5-3-4-6-16(14)21/h3-10,12H,11H2,1-2H3,(H,22,26)(H,24,27). The number of nitrogens with zero attached hydrogens (tertiary/aromatic N) is 2. The maximum atomic E-state index is 12.6. The quantitative estimate of drug-likeness (QED) is 0.667. The van der Waals surface area contributed by atoms with E-state index >= 15 is 0 Å². The third kappa shape index (κ3) is 4.32. The maximum Gasteiger partial charge on any atom is 0.258 e. The number of rotatable bonds is 6. The lowest BCUT2D eigenvalue weighted by Crippen LogP contribution is -2.18. The fourth-order valence-electron chi connectivity index (χ4n) is 2.65. The van der Waals surface area contributed by atoms with Gasteiger partial charge in [0.2, 0.25) is 0 Å². The number of anilines is 1. The van der Waals surface area contributed by atoms with Crippen LogP contribution in [0.25, 0.3) is 0 Å². The molecule has 0 atom stereocenters. The van der Waals surface area contributed by atoms with Gasteiger partial charge in [0.15, 0.2) is 0 Å². The summed E-state index contributed by atoms with van der Waals surface area (Å²) in [5.41, 5.74) is 2.08. The molecule has 0 aliphatic carbocycles. The third-order valence-electron chi connectivity index (χ3n) is 4.12. The van der Waals surface area contributed by atoms with Crippen LogP contribution in [0.5, 0.6) is 5.75 Å². The van der Waals surface area contributed by atoms with Crippen molar-refractivity contribution in [1.82, 2.24) is 15.1 Å². The number of ether oxygens (including phenoxy) is 1. The van der Waals surface area contributed by atoms with Gasteiger partial charge in [-0.1, -0.05) is 29.8 Å². The van der Waals surface area contributed by atoms with E-state index in [1.54, 1.807) is 35.1 Å². The summed E-state index contributed by atoms with van der Waals surface area (Å²) in [5, 5.41) is 10.2. The third-order valence-corrected chi connectivity index (χ3v) is 4.49. The van der Waals surface area contributed by atoms with Crippen molar-refractivity contribution in [3.05, 3.63) is 76.6 Å². The minimum atomic E-state index is -0.363. The van der Waals surface area contributed by atoms with Crippen molar-refractivity contribution >= 4 is 29.1 Å². The van der Waals surface area contributed by atoms with E-state index in [9.17, 15) is 9.59 Å². The molecule has 2 aromatic carbocycles. The first kappa shape index (κ1) is 19.4. The van der Waals surface area contributed by atoms with Gasteiger partial charge in [-0.25, -0.2) is 0 Å². The predicted molar refractivity (Wildman–Crippen MR) is 107 cm³/mol. The molecule has 3 aromatic rings. The highest BCUT2D eigenvalue weighted by atomic mass is 35.5. The van der Waals surface area contributed by atoms with Gasteiger partial charge in [-0.3, -0.25) is 14.3 Å². The molecule has 1 aromatic heterocycles. The summed E-state index contributed by atoms with van der Waals surface area (Å²) in [4.78, 5) is 24.5. The number of nitrogens with one attached hydrogen (secondary N) is 2. The van der Waals surface area contributed by atoms with Crippen molar-refractivity contribution in [2.24, 2.45) is 0 Å². The minimum absolute atomic E-state index is 0.259. The molecule has 0 fully saturated rings. The zero-order chi connectivity index (χ0) is 20.1. The zero-order valence-electron chi connectivity index (χ0n) is 15.4. The van der Waals surface area contributed by atoms with E-state index in [1.807, 2.05) is 18.2 Å². The van der Waals surface area contributed by atoms with Crippen LogP contribution >= 0.6 is 11.6 Å². The molecule has 2 N–H and O–H groups in total. The Hall–Kier alpha value is -3.32. The smallest absolute Gasteiger partial charge is 0.258 e. The Morgan fingerprint density at radius 1 is 1.14 bits per heavy atom. The van der Waals surface area contributed by atoms with Crippen molar-refractivity contribution in [2.45, 2.75) is 6.54 Å². The second-order valence-electron chi connectivity index (χ2n) is 5.97. The van der Waals surface area contributed by atoms with E-state index in [0.29, 0.717) is 34.1 Å². The molecule has 3 rings (SSSR count). The molecule has 0 unspecified atom stereocenters. The minimum Gasteiger partial charge on any atom is -0.495 e. The molecule has 2 amide bonds. The van der Waals surface area contributed by atoms with Crippen LogP contribution in [0.1, 0.15) is 26.3 Å². The lowest BCUT2D eigenvalue weighted by atomic mass is 10.1. The van der Waals surface area contributed by atoms with Crippen LogP contribution in [0.4, 0.5) is 5.69 Å². The molecule has 144 valence electrons. The largest absolute Gasteiger partial charge is 0.495 e. The van der Waals surface area contributed by atoms with E-state index in [-0.39, 0.29) is 11.8 Å². The van der Waals surface area contributed by atoms with Crippen molar-refractivity contribution in [2.75, 3.05) is 19.5 Å². The molecule has 0 saturated carbocycles. The van der Waals surface area contributed by atoms with Crippen LogP contribution in [0.3, 0.4) is 0 Å². The van der Waals surface area contributed by atoms with Gasteiger partial charge in [-0.05, 0) is 29.8 Å². The van der Waals surface area contributed by atoms with Crippen molar-refractivity contribution in [3.63, 3.8) is 0 Å². The normalized spacial score (nSPS) is 10.4. The van der Waals surface area contributed by atoms with Gasteiger partial charge < -0.3 is 15.4 Å². The summed E-state index contributed by atoms with van der Waals surface area (Å²) in [6.07, 6.45) is 3.11. The number of hydrogen-bond acceptors (Lipinski definition) is 4. The Kier molecular flexibility index (Phi) is 5.96. The molecule has 0 bridgehead atoms. The molecule has 0 spiro atoms. The highest BCUT2D eigenvalue weighted by Gasteiger charge is 2.14. The topological polar surface area (TPSA) is 85.2 Å². The summed E-state index contributed by atoms with van der Waals surface area (Å²) in [7, 11) is 3.03. The number of methoxy groups -OCH3 is 1. The lowest BCUT2D eigenvalue weighted by Gasteiger charge is -2.11. The van der Waals surface area contributed by atoms with E-state index < -0.39 is 0 Å². The average Bonchev–Trinajstić information content (AvgIpc) is 3.18.